The minimum absolute atomic E-state index is 0.0345. The highest BCUT2D eigenvalue weighted by Crippen LogP contribution is 2.42. The fourth-order valence-corrected chi connectivity index (χ4v) is 5.72. The summed E-state index contributed by atoms with van der Waals surface area (Å²) in [7, 11) is 1.88. The molecule has 0 bridgehead atoms. The molecule has 1 aliphatic carbocycles. The van der Waals surface area contributed by atoms with Crippen LogP contribution in [0.15, 0.2) is 42.7 Å². The summed E-state index contributed by atoms with van der Waals surface area (Å²) in [6, 6.07) is 10.3. The number of benzene rings is 2. The minimum Gasteiger partial charge on any atom is -0.379 e. The zero-order valence-electron chi connectivity index (χ0n) is 21.4. The Labute approximate surface area is 219 Å². The van der Waals surface area contributed by atoms with Crippen molar-refractivity contribution in [3.05, 3.63) is 76.4 Å². The number of aryl methyl sites for hydroxylation is 1. The highest BCUT2D eigenvalue weighted by Gasteiger charge is 2.43. The van der Waals surface area contributed by atoms with Crippen LogP contribution < -0.4 is 10.2 Å². The van der Waals surface area contributed by atoms with Crippen molar-refractivity contribution in [2.45, 2.75) is 62.8 Å². The maximum Gasteiger partial charge on any atom is 0.416 e. The van der Waals surface area contributed by atoms with Gasteiger partial charge in [0.15, 0.2) is 0 Å². The van der Waals surface area contributed by atoms with Gasteiger partial charge in [0.05, 0.1) is 25.3 Å². The largest absolute Gasteiger partial charge is 0.416 e. The molecule has 200 valence electrons. The maximum absolute atomic E-state index is 14.1. The van der Waals surface area contributed by atoms with Gasteiger partial charge in [-0.3, -0.25) is 4.79 Å². The lowest BCUT2D eigenvalue weighted by atomic mass is 9.75. The molecule has 0 unspecified atom stereocenters. The Morgan fingerprint density at radius 2 is 1.95 bits per heavy atom. The van der Waals surface area contributed by atoms with E-state index in [9.17, 15) is 18.0 Å². The molecule has 0 atom stereocenters. The van der Waals surface area contributed by atoms with Crippen LogP contribution in [0.2, 0.25) is 0 Å². The molecule has 6 rings (SSSR count). The normalized spacial score (nSPS) is 19.7. The molecule has 2 fully saturated rings. The summed E-state index contributed by atoms with van der Waals surface area (Å²) in [6.07, 6.45) is 0.803. The van der Waals surface area contributed by atoms with Crippen LogP contribution in [0.5, 0.6) is 0 Å². The van der Waals surface area contributed by atoms with Gasteiger partial charge >= 0.3 is 6.18 Å². The van der Waals surface area contributed by atoms with Crippen LogP contribution in [0.25, 0.3) is 0 Å². The average molecular weight is 526 g/mol. The lowest BCUT2D eigenvalue weighted by Gasteiger charge is -2.42. The number of rotatable bonds is 7. The van der Waals surface area contributed by atoms with Crippen molar-refractivity contribution in [2.24, 2.45) is 7.05 Å². The number of ether oxygens (including phenoxy) is 1. The van der Waals surface area contributed by atoms with E-state index < -0.39 is 17.6 Å². The third kappa shape index (κ3) is 4.29. The van der Waals surface area contributed by atoms with Gasteiger partial charge in [0.25, 0.3) is 5.91 Å². The average Bonchev–Trinajstić information content (AvgIpc) is 3.40. The van der Waals surface area contributed by atoms with Gasteiger partial charge in [-0.1, -0.05) is 12.1 Å². The van der Waals surface area contributed by atoms with Gasteiger partial charge in [0, 0.05) is 42.2 Å². The molecule has 2 aliphatic heterocycles. The molecule has 3 aromatic rings. The van der Waals surface area contributed by atoms with Crippen molar-refractivity contribution in [2.75, 3.05) is 18.1 Å². The number of carbonyl (C=O) groups is 1. The van der Waals surface area contributed by atoms with Crippen LogP contribution in [-0.2, 0) is 42.9 Å². The molecule has 1 saturated carbocycles. The Kier molecular flexibility index (Phi) is 5.88. The molecule has 2 aromatic carbocycles. The molecule has 38 heavy (non-hydrogen) atoms. The number of alkyl halides is 3. The molecule has 3 heterocycles. The van der Waals surface area contributed by atoms with Crippen molar-refractivity contribution in [3.63, 3.8) is 0 Å². The first-order valence-electron chi connectivity index (χ1n) is 12.9. The number of fused-ring (bicyclic) bond motifs is 1. The quantitative estimate of drug-likeness (QED) is 0.491. The molecular weight excluding hydrogens is 495 g/mol. The number of hydrogen-bond acceptors (Lipinski definition) is 5. The molecule has 1 saturated heterocycles. The summed E-state index contributed by atoms with van der Waals surface area (Å²) in [5.74, 6) is 0.404. The van der Waals surface area contributed by atoms with Crippen LogP contribution in [-0.4, -0.2) is 39.4 Å². The number of nitrogens with zero attached hydrogens (tertiary/aromatic N) is 4. The molecule has 7 nitrogen and oxygen atoms in total. The third-order valence-electron chi connectivity index (χ3n) is 8.41. The van der Waals surface area contributed by atoms with Crippen LogP contribution in [0.3, 0.4) is 0 Å². The van der Waals surface area contributed by atoms with E-state index in [0.29, 0.717) is 37.4 Å². The van der Waals surface area contributed by atoms with Gasteiger partial charge in [-0.25, -0.2) is 0 Å². The minimum atomic E-state index is -4.55. The summed E-state index contributed by atoms with van der Waals surface area (Å²) in [6.45, 7) is 3.24. The first-order chi connectivity index (χ1) is 18.1. The Morgan fingerprint density at radius 1 is 1.16 bits per heavy atom. The highest BCUT2D eigenvalue weighted by molar-refractivity contribution is 6.10. The number of anilines is 1. The van der Waals surface area contributed by atoms with E-state index in [2.05, 4.69) is 22.4 Å². The molecule has 1 N–H and O–H groups in total. The van der Waals surface area contributed by atoms with E-state index in [0.717, 1.165) is 30.7 Å². The lowest BCUT2D eigenvalue weighted by Crippen LogP contribution is -2.49. The highest BCUT2D eigenvalue weighted by atomic mass is 19.4. The van der Waals surface area contributed by atoms with Gasteiger partial charge in [-0.05, 0) is 67.1 Å². The van der Waals surface area contributed by atoms with E-state index in [-0.39, 0.29) is 28.6 Å². The second kappa shape index (κ2) is 8.91. The fourth-order valence-electron chi connectivity index (χ4n) is 5.72. The predicted molar refractivity (Wildman–Crippen MR) is 135 cm³/mol. The Hall–Kier alpha value is -3.24. The molecule has 0 radical (unpaired) electrons. The maximum atomic E-state index is 14.1. The van der Waals surface area contributed by atoms with Gasteiger partial charge in [-0.2, -0.15) is 13.2 Å². The number of halogens is 3. The van der Waals surface area contributed by atoms with Crippen molar-refractivity contribution in [3.8, 4) is 0 Å². The van der Waals surface area contributed by atoms with Crippen LogP contribution in [0.4, 0.5) is 18.9 Å². The van der Waals surface area contributed by atoms with E-state index in [1.54, 1.807) is 18.5 Å². The van der Waals surface area contributed by atoms with Gasteiger partial charge in [0.2, 0.25) is 0 Å². The molecule has 10 heteroatoms. The zero-order valence-corrected chi connectivity index (χ0v) is 21.4. The van der Waals surface area contributed by atoms with Gasteiger partial charge < -0.3 is 19.5 Å². The van der Waals surface area contributed by atoms with E-state index in [1.165, 1.54) is 11.0 Å². The Morgan fingerprint density at radius 3 is 2.55 bits per heavy atom. The SMILES string of the molecule is Cn1cnnc1CC1(c2cccc(N3Cc4c(cc(CNC5(C)CCC5)cc4C(F)(F)F)C3=O)c2)COC1. The lowest BCUT2D eigenvalue weighted by molar-refractivity contribution is -0.138. The summed E-state index contributed by atoms with van der Waals surface area (Å²) in [4.78, 5) is 15.0. The second-order valence-corrected chi connectivity index (χ2v) is 11.2. The monoisotopic (exact) mass is 525 g/mol. The molecule has 1 aromatic heterocycles. The molecular formula is C28H30F3N5O2. The van der Waals surface area contributed by atoms with E-state index in [4.69, 9.17) is 4.74 Å². The van der Waals surface area contributed by atoms with E-state index >= 15 is 0 Å². The summed E-state index contributed by atoms with van der Waals surface area (Å²) >= 11 is 0. The number of amides is 1. The number of carbonyl (C=O) groups excluding carboxylic acids is 1. The summed E-state index contributed by atoms with van der Waals surface area (Å²) < 4.78 is 49.9. The number of hydrogen-bond donors (Lipinski definition) is 1. The molecule has 1 amide bonds. The Bertz CT molecular complexity index is 1390. The van der Waals surface area contributed by atoms with Crippen molar-refractivity contribution < 1.29 is 22.7 Å². The standard InChI is InChI=1S/C28H30F3N5O2/c1-26(7-4-8-26)32-13-18-9-21-22(23(10-18)28(29,30)31)14-36(25(21)37)20-6-3-5-19(11-20)27(15-38-16-27)12-24-34-33-17-35(24)2/h3,5-6,9-11,17,32H,4,7-8,12-16H2,1-2H3. The van der Waals surface area contributed by atoms with Crippen molar-refractivity contribution in [1.29, 1.82) is 0 Å². The predicted octanol–water partition coefficient (Wildman–Crippen LogP) is 4.54. The van der Waals surface area contributed by atoms with E-state index in [1.807, 2.05) is 29.8 Å². The number of nitrogens with one attached hydrogen (secondary N) is 1. The molecule has 0 spiro atoms. The van der Waals surface area contributed by atoms with Gasteiger partial charge in [0.1, 0.15) is 12.2 Å². The zero-order chi connectivity index (χ0) is 26.7. The first kappa shape index (κ1) is 25.1. The Balaban J connectivity index is 1.30. The first-order valence-corrected chi connectivity index (χ1v) is 12.9. The summed E-state index contributed by atoms with van der Waals surface area (Å²) in [5, 5.41) is 11.6. The van der Waals surface area contributed by atoms with Crippen molar-refractivity contribution in [1.82, 2.24) is 20.1 Å². The smallest absolute Gasteiger partial charge is 0.379 e. The third-order valence-corrected chi connectivity index (χ3v) is 8.41. The van der Waals surface area contributed by atoms with Crippen LogP contribution in [0.1, 0.15) is 64.6 Å². The van der Waals surface area contributed by atoms with Crippen LogP contribution >= 0.6 is 0 Å². The van der Waals surface area contributed by atoms with Gasteiger partial charge in [-0.15, -0.1) is 10.2 Å². The molecule has 3 aliphatic rings. The number of aromatic nitrogens is 3. The fraction of sp³-hybridized carbons (Fsp3) is 0.464. The van der Waals surface area contributed by atoms with Crippen molar-refractivity contribution >= 4 is 11.6 Å². The van der Waals surface area contributed by atoms with Crippen LogP contribution in [0, 0.1) is 0 Å². The summed E-state index contributed by atoms with van der Waals surface area (Å²) in [5.41, 5.74) is 1.05. The second-order valence-electron chi connectivity index (χ2n) is 11.2. The topological polar surface area (TPSA) is 72.3 Å².